The second kappa shape index (κ2) is 20.3. The van der Waals surface area contributed by atoms with Gasteiger partial charge >= 0.3 is 18.0 Å². The molecule has 0 aliphatic carbocycles. The fourth-order valence-electron chi connectivity index (χ4n) is 5.54. The number of para-hydroxylation sites is 1. The van der Waals surface area contributed by atoms with Crippen molar-refractivity contribution < 1.29 is 38.1 Å². The second-order valence-corrected chi connectivity index (χ2v) is 13.9. The number of likely N-dealkylation sites (N-methyl/N-ethyl adjacent to an activating group) is 1. The minimum Gasteiger partial charge on any atom is -0.464 e. The molecule has 2 N–H and O–H groups in total. The summed E-state index contributed by atoms with van der Waals surface area (Å²) in [5.41, 5.74) is 1.96. The molecule has 0 bridgehead atoms. The van der Waals surface area contributed by atoms with Crippen LogP contribution in [-0.4, -0.2) is 66.5 Å². The smallest absolute Gasteiger partial charge is 0.408 e. The van der Waals surface area contributed by atoms with Gasteiger partial charge in [0.2, 0.25) is 5.91 Å². The van der Waals surface area contributed by atoms with Crippen LogP contribution < -0.4 is 10.6 Å². The van der Waals surface area contributed by atoms with E-state index in [0.717, 1.165) is 28.5 Å². The summed E-state index contributed by atoms with van der Waals surface area (Å²) in [5.74, 6) is -2.16. The lowest BCUT2D eigenvalue weighted by Gasteiger charge is -2.25. The third-order valence-electron chi connectivity index (χ3n) is 7.98. The van der Waals surface area contributed by atoms with Gasteiger partial charge in [-0.2, -0.15) is 0 Å². The molecule has 0 aliphatic heterocycles. The van der Waals surface area contributed by atoms with Gasteiger partial charge in [0.25, 0.3) is 0 Å². The van der Waals surface area contributed by atoms with Crippen molar-refractivity contribution in [3.63, 3.8) is 0 Å². The lowest BCUT2D eigenvalue weighted by Crippen LogP contribution is -2.48. The zero-order chi connectivity index (χ0) is 37.4. The van der Waals surface area contributed by atoms with Crippen LogP contribution in [0.4, 0.5) is 4.79 Å². The molecule has 2 amide bonds. The Labute approximate surface area is 302 Å². The van der Waals surface area contributed by atoms with Crippen molar-refractivity contribution in [2.24, 2.45) is 11.8 Å². The molecule has 11 nitrogen and oxygen atoms in total. The van der Waals surface area contributed by atoms with Crippen LogP contribution in [-0.2, 0) is 52.9 Å². The third kappa shape index (κ3) is 13.5. The predicted molar refractivity (Wildman–Crippen MR) is 197 cm³/mol. The van der Waals surface area contributed by atoms with Gasteiger partial charge in [0.05, 0.1) is 19.1 Å². The van der Waals surface area contributed by atoms with Crippen molar-refractivity contribution in [1.82, 2.24) is 15.2 Å². The molecule has 0 fully saturated rings. The Bertz CT molecular complexity index is 1590. The molecule has 0 spiro atoms. The molecule has 11 heteroatoms. The number of carbonyl (C=O) groups excluding carboxylic acids is 4. The van der Waals surface area contributed by atoms with Crippen LogP contribution in [0.3, 0.4) is 0 Å². The first-order valence-electron chi connectivity index (χ1n) is 17.7. The number of fused-ring (bicyclic) bond motifs is 1. The van der Waals surface area contributed by atoms with Crippen molar-refractivity contribution >= 4 is 34.8 Å². The van der Waals surface area contributed by atoms with Gasteiger partial charge in [0.1, 0.15) is 18.2 Å². The lowest BCUT2D eigenvalue weighted by atomic mass is 9.92. The van der Waals surface area contributed by atoms with Crippen molar-refractivity contribution in [3.8, 4) is 0 Å². The first kappa shape index (κ1) is 40.8. The maximum atomic E-state index is 13.4. The van der Waals surface area contributed by atoms with Crippen LogP contribution in [0.5, 0.6) is 0 Å². The number of aromatic nitrogens is 1. The van der Waals surface area contributed by atoms with E-state index in [1.54, 1.807) is 26.8 Å². The molecule has 1 unspecified atom stereocenters. The summed E-state index contributed by atoms with van der Waals surface area (Å²) in [7, 11) is 1.52. The van der Waals surface area contributed by atoms with Crippen molar-refractivity contribution in [2.45, 2.75) is 98.1 Å². The molecule has 0 saturated heterocycles. The summed E-state index contributed by atoms with van der Waals surface area (Å²) in [6, 6.07) is 16.4. The van der Waals surface area contributed by atoms with E-state index in [-0.39, 0.29) is 38.1 Å². The number of alkyl carbamates (subject to hydrolysis) is 1. The Morgan fingerprint density at radius 1 is 0.922 bits per heavy atom. The van der Waals surface area contributed by atoms with Gasteiger partial charge < -0.3 is 34.1 Å². The van der Waals surface area contributed by atoms with Crippen LogP contribution in [0, 0.1) is 11.8 Å². The highest BCUT2D eigenvalue weighted by Gasteiger charge is 2.37. The number of hydrogen-bond acceptors (Lipinski definition) is 8. The average Bonchev–Trinajstić information content (AvgIpc) is 3.43. The lowest BCUT2D eigenvalue weighted by molar-refractivity contribution is -0.171. The first-order chi connectivity index (χ1) is 24.3. The molecule has 51 heavy (non-hydrogen) atoms. The minimum absolute atomic E-state index is 0.0682. The van der Waals surface area contributed by atoms with Crippen molar-refractivity contribution in [3.05, 3.63) is 84.1 Å². The van der Waals surface area contributed by atoms with E-state index in [1.165, 1.54) is 7.05 Å². The number of hydrogen-bond donors (Lipinski definition) is 2. The molecular weight excluding hydrogens is 650 g/mol. The molecule has 3 atom stereocenters. The number of amides is 2. The molecule has 1 heterocycles. The van der Waals surface area contributed by atoms with Crippen LogP contribution >= 0.6 is 0 Å². The molecular formula is C40H55N3O8. The van der Waals surface area contributed by atoms with Crippen LogP contribution in [0.15, 0.2) is 72.9 Å². The fourth-order valence-corrected chi connectivity index (χ4v) is 5.54. The number of rotatable bonds is 19. The Morgan fingerprint density at radius 3 is 2.29 bits per heavy atom. The van der Waals surface area contributed by atoms with E-state index in [4.69, 9.17) is 18.9 Å². The van der Waals surface area contributed by atoms with Crippen molar-refractivity contribution in [1.29, 1.82) is 0 Å². The Hall–Kier alpha value is -4.64. The van der Waals surface area contributed by atoms with Crippen LogP contribution in [0.1, 0.15) is 71.9 Å². The maximum absolute atomic E-state index is 13.4. The number of unbranched alkanes of at least 4 members (excludes halogenated alkanes) is 1. The number of allylic oxidation sites excluding steroid dienone is 1. The van der Waals surface area contributed by atoms with E-state index in [1.807, 2.05) is 92.2 Å². The van der Waals surface area contributed by atoms with E-state index < -0.39 is 41.7 Å². The third-order valence-corrected chi connectivity index (χ3v) is 7.98. The Kier molecular flexibility index (Phi) is 16.2. The van der Waals surface area contributed by atoms with Gasteiger partial charge in [-0.05, 0) is 56.7 Å². The number of esters is 2. The Balaban J connectivity index is 1.75. The van der Waals surface area contributed by atoms with E-state index in [2.05, 4.69) is 10.6 Å². The van der Waals surface area contributed by atoms with Gasteiger partial charge in [-0.1, -0.05) is 87.9 Å². The number of benzene rings is 2. The molecule has 0 saturated carbocycles. The molecule has 278 valence electrons. The minimum atomic E-state index is -1.13. The summed E-state index contributed by atoms with van der Waals surface area (Å²) >= 11 is 0. The topological polar surface area (TPSA) is 134 Å². The van der Waals surface area contributed by atoms with Gasteiger partial charge in [-0.25, -0.2) is 9.59 Å². The monoisotopic (exact) mass is 705 g/mol. The SMILES string of the molecule is CCCCOC(=O)C(OC/C=C/Cn1cc(C[C@H](NC(=O)OC(C)(C)C)C(=O)NC)c2ccccc21)[C@@H](CC(C)C)C(=O)OCc1ccccc1. The maximum Gasteiger partial charge on any atom is 0.408 e. The van der Waals surface area contributed by atoms with E-state index >= 15 is 0 Å². The first-order valence-corrected chi connectivity index (χ1v) is 17.7. The summed E-state index contributed by atoms with van der Waals surface area (Å²) in [6.07, 6.45) is 6.08. The number of ether oxygens (including phenoxy) is 4. The van der Waals surface area contributed by atoms with Crippen LogP contribution in [0.25, 0.3) is 10.9 Å². The summed E-state index contributed by atoms with van der Waals surface area (Å²) in [4.78, 5) is 52.0. The summed E-state index contributed by atoms with van der Waals surface area (Å²) in [6.45, 7) is 12.1. The highest BCUT2D eigenvalue weighted by molar-refractivity contribution is 5.88. The number of carbonyl (C=O) groups is 4. The van der Waals surface area contributed by atoms with E-state index in [0.29, 0.717) is 19.4 Å². The van der Waals surface area contributed by atoms with Gasteiger partial charge in [-0.15, -0.1) is 0 Å². The van der Waals surface area contributed by atoms with Crippen molar-refractivity contribution in [2.75, 3.05) is 20.3 Å². The van der Waals surface area contributed by atoms with Crippen LogP contribution in [0.2, 0.25) is 0 Å². The summed E-state index contributed by atoms with van der Waals surface area (Å²) in [5, 5.41) is 6.27. The second-order valence-electron chi connectivity index (χ2n) is 13.9. The normalized spacial score (nSPS) is 13.5. The number of nitrogens with one attached hydrogen (secondary N) is 2. The highest BCUT2D eigenvalue weighted by Crippen LogP contribution is 2.24. The molecule has 0 aliphatic rings. The Morgan fingerprint density at radius 2 is 1.63 bits per heavy atom. The molecule has 2 aromatic carbocycles. The molecule has 0 radical (unpaired) electrons. The fraction of sp³-hybridized carbons (Fsp3) is 0.500. The molecule has 1 aromatic heterocycles. The quantitative estimate of drug-likeness (QED) is 0.0624. The standard InChI is InChI=1S/C40H55N3O8/c1-8-9-22-49-38(46)35(32(24-28(2)3)37(45)50-27-29-17-11-10-12-18-29)48-23-16-15-21-43-26-30(31-19-13-14-20-34(31)43)25-33(36(44)41-7)42-39(47)51-40(4,5)6/h10-20,26,28,32-33,35H,8-9,21-25,27H2,1-7H3,(H,41,44)(H,42,47)/b16-15+/t32-,33+,35?/m1/s1. The summed E-state index contributed by atoms with van der Waals surface area (Å²) < 4.78 is 24.7. The van der Waals surface area contributed by atoms with Gasteiger partial charge in [-0.3, -0.25) is 9.59 Å². The van der Waals surface area contributed by atoms with Gasteiger partial charge in [0, 0.05) is 37.1 Å². The van der Waals surface area contributed by atoms with Gasteiger partial charge in [0.15, 0.2) is 6.10 Å². The zero-order valence-electron chi connectivity index (χ0n) is 31.1. The number of nitrogens with zero attached hydrogens (tertiary/aromatic N) is 1. The highest BCUT2D eigenvalue weighted by atomic mass is 16.6. The average molecular weight is 706 g/mol. The largest absolute Gasteiger partial charge is 0.464 e. The van der Waals surface area contributed by atoms with E-state index in [9.17, 15) is 19.2 Å². The zero-order valence-corrected chi connectivity index (χ0v) is 31.1. The predicted octanol–water partition coefficient (Wildman–Crippen LogP) is 6.51. The molecule has 3 rings (SSSR count). The molecule has 3 aromatic rings.